The Hall–Kier alpha value is -1.36. The summed E-state index contributed by atoms with van der Waals surface area (Å²) in [6, 6.07) is 0. The fourth-order valence-corrected chi connectivity index (χ4v) is 1.54. The van der Waals surface area contributed by atoms with Gasteiger partial charge < -0.3 is 15.1 Å². The number of nitrogens with one attached hydrogen (secondary N) is 1. The zero-order chi connectivity index (χ0) is 13.0. The summed E-state index contributed by atoms with van der Waals surface area (Å²) in [6.07, 6.45) is 0. The second-order valence-corrected chi connectivity index (χ2v) is 4.44. The van der Waals surface area contributed by atoms with Crippen molar-refractivity contribution in [3.05, 3.63) is 11.1 Å². The van der Waals surface area contributed by atoms with Crippen LogP contribution in [0.3, 0.4) is 0 Å². The van der Waals surface area contributed by atoms with Gasteiger partial charge in [-0.1, -0.05) is 0 Å². The van der Waals surface area contributed by atoms with Crippen LogP contribution in [0, 0.1) is 0 Å². The lowest BCUT2D eigenvalue weighted by Gasteiger charge is -2.26. The summed E-state index contributed by atoms with van der Waals surface area (Å²) in [5.41, 5.74) is 1.92. The molecule has 0 aliphatic carbocycles. The quantitative estimate of drug-likeness (QED) is 0.694. The average Bonchev–Trinajstić information content (AvgIpc) is 2.21. The third kappa shape index (κ3) is 3.30. The molecule has 1 heterocycles. The summed E-state index contributed by atoms with van der Waals surface area (Å²) < 4.78 is 0. The van der Waals surface area contributed by atoms with Gasteiger partial charge in [-0.2, -0.15) is 0 Å². The smallest absolute Gasteiger partial charge is 0.249 e. The zero-order valence-corrected chi connectivity index (χ0v) is 11.0. The van der Waals surface area contributed by atoms with Gasteiger partial charge in [0.15, 0.2) is 0 Å². The van der Waals surface area contributed by atoms with Crippen molar-refractivity contribution in [2.45, 2.75) is 13.8 Å². The van der Waals surface area contributed by atoms with Crippen LogP contribution in [0.1, 0.15) is 13.8 Å². The number of carbonyl (C=O) groups excluding carboxylic acids is 2. The van der Waals surface area contributed by atoms with E-state index < -0.39 is 0 Å². The third-order valence-electron chi connectivity index (χ3n) is 3.02. The molecule has 1 fully saturated rings. The van der Waals surface area contributed by atoms with Gasteiger partial charge >= 0.3 is 0 Å². The maximum Gasteiger partial charge on any atom is 0.249 e. The fourth-order valence-electron chi connectivity index (χ4n) is 1.54. The Morgan fingerprint density at radius 2 is 1.88 bits per heavy atom. The van der Waals surface area contributed by atoms with E-state index in [1.54, 1.807) is 19.0 Å². The molecule has 5 heteroatoms. The van der Waals surface area contributed by atoms with Gasteiger partial charge in [-0.15, -0.1) is 0 Å². The molecule has 0 bridgehead atoms. The van der Waals surface area contributed by atoms with Crippen LogP contribution in [0.4, 0.5) is 0 Å². The van der Waals surface area contributed by atoms with Gasteiger partial charge in [0.25, 0.3) is 0 Å². The number of nitrogens with zero attached hydrogens (tertiary/aromatic N) is 2. The van der Waals surface area contributed by atoms with Gasteiger partial charge in [0, 0.05) is 39.3 Å². The van der Waals surface area contributed by atoms with Gasteiger partial charge in [0.2, 0.25) is 11.8 Å². The second kappa shape index (κ2) is 5.82. The summed E-state index contributed by atoms with van der Waals surface area (Å²) in [6.45, 7) is 6.00. The molecule has 0 atom stereocenters. The lowest BCUT2D eigenvalue weighted by atomic mass is 10.0. The van der Waals surface area contributed by atoms with E-state index in [0.29, 0.717) is 6.54 Å². The summed E-state index contributed by atoms with van der Waals surface area (Å²) in [7, 11) is 3.39. The zero-order valence-electron chi connectivity index (χ0n) is 11.0. The molecule has 96 valence electrons. The van der Waals surface area contributed by atoms with Crippen LogP contribution >= 0.6 is 0 Å². The molecule has 1 aliphatic rings. The molecule has 0 saturated carbocycles. The molecule has 1 aliphatic heterocycles. The van der Waals surface area contributed by atoms with E-state index >= 15 is 0 Å². The van der Waals surface area contributed by atoms with Crippen molar-refractivity contribution in [3.8, 4) is 0 Å². The minimum Gasteiger partial charge on any atom is -0.347 e. The molecule has 0 aromatic heterocycles. The van der Waals surface area contributed by atoms with Gasteiger partial charge in [-0.3, -0.25) is 9.59 Å². The summed E-state index contributed by atoms with van der Waals surface area (Å²) in [4.78, 5) is 26.8. The van der Waals surface area contributed by atoms with E-state index in [-0.39, 0.29) is 18.4 Å². The van der Waals surface area contributed by atoms with Gasteiger partial charge in [-0.25, -0.2) is 0 Å². The van der Waals surface area contributed by atoms with Crippen LogP contribution in [0.2, 0.25) is 0 Å². The van der Waals surface area contributed by atoms with E-state index in [1.807, 2.05) is 13.8 Å². The van der Waals surface area contributed by atoms with Crippen LogP contribution in [-0.4, -0.2) is 61.9 Å². The first-order valence-corrected chi connectivity index (χ1v) is 5.86. The van der Waals surface area contributed by atoms with Crippen LogP contribution in [0.25, 0.3) is 0 Å². The summed E-state index contributed by atoms with van der Waals surface area (Å²) in [5.74, 6) is -0.0797. The highest BCUT2D eigenvalue weighted by atomic mass is 16.2. The minimum absolute atomic E-state index is 0.0285. The maximum absolute atomic E-state index is 12.1. The second-order valence-electron chi connectivity index (χ2n) is 4.44. The van der Waals surface area contributed by atoms with Crippen molar-refractivity contribution in [3.63, 3.8) is 0 Å². The van der Waals surface area contributed by atoms with Crippen molar-refractivity contribution in [1.29, 1.82) is 0 Å². The molecule has 0 unspecified atom stereocenters. The third-order valence-corrected chi connectivity index (χ3v) is 3.02. The highest BCUT2D eigenvalue weighted by molar-refractivity contribution is 5.96. The molecule has 0 aromatic carbocycles. The number of amides is 2. The van der Waals surface area contributed by atoms with Crippen LogP contribution < -0.4 is 5.32 Å². The average molecular weight is 239 g/mol. The molecular weight excluding hydrogens is 218 g/mol. The predicted octanol–water partition coefficient (Wildman–Crippen LogP) is -0.157. The Balaban J connectivity index is 2.67. The Labute approximate surface area is 102 Å². The molecule has 17 heavy (non-hydrogen) atoms. The Bertz CT molecular complexity index is 342. The van der Waals surface area contributed by atoms with Gasteiger partial charge in [0.05, 0.1) is 6.54 Å². The van der Waals surface area contributed by atoms with Crippen LogP contribution in [-0.2, 0) is 9.59 Å². The highest BCUT2D eigenvalue weighted by Gasteiger charge is 2.22. The van der Waals surface area contributed by atoms with Gasteiger partial charge in [0.1, 0.15) is 0 Å². The normalized spacial score (nSPS) is 14.0. The molecule has 1 rings (SSSR count). The molecule has 5 nitrogen and oxygen atoms in total. The van der Waals surface area contributed by atoms with Crippen molar-refractivity contribution < 1.29 is 9.59 Å². The van der Waals surface area contributed by atoms with E-state index in [1.165, 1.54) is 4.90 Å². The number of carbonyl (C=O) groups is 2. The predicted molar refractivity (Wildman–Crippen MR) is 66.5 cm³/mol. The molecule has 0 spiro atoms. The van der Waals surface area contributed by atoms with Crippen LogP contribution in [0.15, 0.2) is 11.1 Å². The maximum atomic E-state index is 12.1. The Morgan fingerprint density at radius 3 is 2.24 bits per heavy atom. The first-order valence-electron chi connectivity index (χ1n) is 5.86. The molecule has 1 saturated heterocycles. The number of rotatable bonds is 4. The van der Waals surface area contributed by atoms with E-state index in [2.05, 4.69) is 5.32 Å². The first-order chi connectivity index (χ1) is 7.97. The van der Waals surface area contributed by atoms with Crippen molar-refractivity contribution in [1.82, 2.24) is 15.1 Å². The van der Waals surface area contributed by atoms with Crippen molar-refractivity contribution >= 4 is 11.8 Å². The largest absolute Gasteiger partial charge is 0.347 e. The summed E-state index contributed by atoms with van der Waals surface area (Å²) >= 11 is 0. The van der Waals surface area contributed by atoms with Gasteiger partial charge in [-0.05, 0) is 19.4 Å². The van der Waals surface area contributed by atoms with E-state index in [4.69, 9.17) is 0 Å². The van der Waals surface area contributed by atoms with E-state index in [9.17, 15) is 9.59 Å². The number of hydrogen-bond acceptors (Lipinski definition) is 3. The first kappa shape index (κ1) is 13.7. The van der Waals surface area contributed by atoms with Crippen molar-refractivity contribution in [2.75, 3.05) is 40.3 Å². The standard InChI is InChI=1S/C12H21N3O2/c1-5-15(8-11(16)14(3)4)12(17)9(2)10-6-13-7-10/h13H,5-8H2,1-4H3. The number of likely N-dealkylation sites (N-methyl/N-ethyl adjacent to an activating group) is 2. The van der Waals surface area contributed by atoms with E-state index in [0.717, 1.165) is 24.2 Å². The SMILES string of the molecule is CCN(CC(=O)N(C)C)C(=O)C(C)=C1CNC1. The van der Waals surface area contributed by atoms with Crippen LogP contribution in [0.5, 0.6) is 0 Å². The molecular formula is C12H21N3O2. The highest BCUT2D eigenvalue weighted by Crippen LogP contribution is 2.11. The monoisotopic (exact) mass is 239 g/mol. The Kier molecular flexibility index (Phi) is 4.69. The lowest BCUT2D eigenvalue weighted by molar-refractivity contribution is -0.136. The molecule has 0 aromatic rings. The fraction of sp³-hybridized carbons (Fsp3) is 0.667. The topological polar surface area (TPSA) is 52.7 Å². The van der Waals surface area contributed by atoms with Crippen molar-refractivity contribution in [2.24, 2.45) is 0 Å². The summed E-state index contributed by atoms with van der Waals surface area (Å²) in [5, 5.41) is 3.11. The molecule has 2 amide bonds. The Morgan fingerprint density at radius 1 is 1.29 bits per heavy atom. The number of hydrogen-bond donors (Lipinski definition) is 1. The molecule has 1 N–H and O–H groups in total. The molecule has 0 radical (unpaired) electrons. The minimum atomic E-state index is -0.0512. The lowest BCUT2D eigenvalue weighted by Crippen LogP contribution is -2.43.